The van der Waals surface area contributed by atoms with Crippen molar-refractivity contribution in [1.82, 2.24) is 10.6 Å². The topological polar surface area (TPSA) is 41.1 Å². The first-order valence-electron chi connectivity index (χ1n) is 5.78. The van der Waals surface area contributed by atoms with Crippen molar-refractivity contribution in [3.63, 3.8) is 0 Å². The Balaban J connectivity index is 3.64. The van der Waals surface area contributed by atoms with Gasteiger partial charge in [0.15, 0.2) is 0 Å². The summed E-state index contributed by atoms with van der Waals surface area (Å²) in [6, 6.07) is 0.0148. The molecule has 0 aromatic carbocycles. The van der Waals surface area contributed by atoms with Crippen molar-refractivity contribution in [2.24, 2.45) is 0 Å². The molecule has 15 heavy (non-hydrogen) atoms. The number of carbonyl (C=O) groups is 1. The molecular weight excluding hydrogens is 188 g/mol. The normalized spacial score (nSPS) is 14.3. The van der Waals surface area contributed by atoms with Gasteiger partial charge < -0.3 is 10.6 Å². The standard InChI is InChI=1S/C12H24N2O/c1-5-7-8-9-13-12(15)11(4)14-10(3)6-2/h6,10-11,14H,2,5,7-9H2,1,3-4H3,(H,13,15). The van der Waals surface area contributed by atoms with E-state index < -0.39 is 0 Å². The fourth-order valence-electron chi connectivity index (χ4n) is 1.28. The van der Waals surface area contributed by atoms with Crippen LogP contribution in [0.2, 0.25) is 0 Å². The van der Waals surface area contributed by atoms with Crippen LogP contribution < -0.4 is 10.6 Å². The number of hydrogen-bond donors (Lipinski definition) is 2. The van der Waals surface area contributed by atoms with Crippen LogP contribution in [0.15, 0.2) is 12.7 Å². The third kappa shape index (κ3) is 7.14. The van der Waals surface area contributed by atoms with Gasteiger partial charge in [-0.1, -0.05) is 25.8 Å². The van der Waals surface area contributed by atoms with Crippen LogP contribution >= 0.6 is 0 Å². The van der Waals surface area contributed by atoms with Crippen molar-refractivity contribution in [2.45, 2.75) is 52.1 Å². The van der Waals surface area contributed by atoms with E-state index in [0.29, 0.717) is 0 Å². The number of carbonyl (C=O) groups excluding carboxylic acids is 1. The van der Waals surface area contributed by atoms with E-state index in [0.717, 1.165) is 13.0 Å². The van der Waals surface area contributed by atoms with Crippen LogP contribution in [-0.2, 0) is 4.79 Å². The molecule has 0 spiro atoms. The van der Waals surface area contributed by atoms with Crippen LogP contribution in [0.1, 0.15) is 40.0 Å². The largest absolute Gasteiger partial charge is 0.355 e. The molecule has 88 valence electrons. The molecule has 0 fully saturated rings. The van der Waals surface area contributed by atoms with Gasteiger partial charge in [0.2, 0.25) is 5.91 Å². The Bertz CT molecular complexity index is 192. The van der Waals surface area contributed by atoms with Crippen molar-refractivity contribution < 1.29 is 4.79 Å². The third-order valence-corrected chi connectivity index (χ3v) is 2.34. The summed E-state index contributed by atoms with van der Waals surface area (Å²) in [5.41, 5.74) is 0. The Morgan fingerprint density at radius 3 is 2.60 bits per heavy atom. The van der Waals surface area contributed by atoms with Crippen molar-refractivity contribution in [3.05, 3.63) is 12.7 Å². The maximum Gasteiger partial charge on any atom is 0.236 e. The van der Waals surface area contributed by atoms with E-state index in [4.69, 9.17) is 0 Å². The summed E-state index contributed by atoms with van der Waals surface area (Å²) in [5, 5.41) is 6.05. The second-order valence-electron chi connectivity index (χ2n) is 3.91. The highest BCUT2D eigenvalue weighted by Crippen LogP contribution is 1.92. The smallest absolute Gasteiger partial charge is 0.236 e. The van der Waals surface area contributed by atoms with E-state index in [9.17, 15) is 4.79 Å². The quantitative estimate of drug-likeness (QED) is 0.476. The SMILES string of the molecule is C=CC(C)NC(C)C(=O)NCCCCC. The molecule has 0 heterocycles. The van der Waals surface area contributed by atoms with Gasteiger partial charge in [0.25, 0.3) is 0 Å². The van der Waals surface area contributed by atoms with Crippen LogP contribution in [0.4, 0.5) is 0 Å². The van der Waals surface area contributed by atoms with E-state index in [1.54, 1.807) is 6.08 Å². The molecule has 3 nitrogen and oxygen atoms in total. The van der Waals surface area contributed by atoms with Gasteiger partial charge in [-0.05, 0) is 20.3 Å². The molecule has 0 aliphatic carbocycles. The lowest BCUT2D eigenvalue weighted by molar-refractivity contribution is -0.122. The second-order valence-corrected chi connectivity index (χ2v) is 3.91. The molecule has 2 atom stereocenters. The molecule has 0 aliphatic heterocycles. The Kier molecular flexibility index (Phi) is 8.01. The van der Waals surface area contributed by atoms with Gasteiger partial charge in [-0.25, -0.2) is 0 Å². The molecular formula is C12H24N2O. The fourth-order valence-corrected chi connectivity index (χ4v) is 1.28. The summed E-state index contributed by atoms with van der Waals surface area (Å²) >= 11 is 0. The van der Waals surface area contributed by atoms with Gasteiger partial charge in [-0.3, -0.25) is 4.79 Å². The van der Waals surface area contributed by atoms with E-state index >= 15 is 0 Å². The zero-order valence-corrected chi connectivity index (χ0v) is 10.2. The average Bonchev–Trinajstić information content (AvgIpc) is 2.23. The number of hydrogen-bond acceptors (Lipinski definition) is 2. The second kappa shape index (κ2) is 8.48. The molecule has 2 unspecified atom stereocenters. The Morgan fingerprint density at radius 2 is 2.07 bits per heavy atom. The average molecular weight is 212 g/mol. The highest BCUT2D eigenvalue weighted by atomic mass is 16.2. The molecule has 0 aliphatic rings. The highest BCUT2D eigenvalue weighted by Gasteiger charge is 2.12. The molecule has 0 aromatic heterocycles. The predicted molar refractivity (Wildman–Crippen MR) is 64.8 cm³/mol. The summed E-state index contributed by atoms with van der Waals surface area (Å²) in [7, 11) is 0. The maximum absolute atomic E-state index is 11.5. The van der Waals surface area contributed by atoms with Gasteiger partial charge in [0, 0.05) is 12.6 Å². The van der Waals surface area contributed by atoms with Crippen LogP contribution in [0, 0.1) is 0 Å². The molecule has 3 heteroatoms. The third-order valence-electron chi connectivity index (χ3n) is 2.34. The van der Waals surface area contributed by atoms with Gasteiger partial charge in [0.1, 0.15) is 0 Å². The first kappa shape index (κ1) is 14.2. The summed E-state index contributed by atoms with van der Waals surface area (Å²) in [5.74, 6) is 0.0693. The van der Waals surface area contributed by atoms with Gasteiger partial charge in [-0.2, -0.15) is 0 Å². The van der Waals surface area contributed by atoms with Crippen LogP contribution in [0.3, 0.4) is 0 Å². The van der Waals surface area contributed by atoms with E-state index in [2.05, 4.69) is 24.1 Å². The number of rotatable bonds is 8. The van der Waals surface area contributed by atoms with Crippen LogP contribution in [-0.4, -0.2) is 24.5 Å². The molecule has 0 aromatic rings. The molecule has 0 radical (unpaired) electrons. The first-order chi connectivity index (χ1) is 7.11. The van der Waals surface area contributed by atoms with E-state index in [1.807, 2.05) is 13.8 Å². The van der Waals surface area contributed by atoms with E-state index in [-0.39, 0.29) is 18.0 Å². The lowest BCUT2D eigenvalue weighted by Gasteiger charge is -2.16. The minimum atomic E-state index is -0.153. The minimum absolute atomic E-state index is 0.0693. The highest BCUT2D eigenvalue weighted by molar-refractivity contribution is 5.81. The molecule has 0 rings (SSSR count). The molecule has 0 bridgehead atoms. The van der Waals surface area contributed by atoms with Crippen molar-refractivity contribution in [3.8, 4) is 0 Å². The van der Waals surface area contributed by atoms with Gasteiger partial charge in [0.05, 0.1) is 6.04 Å². The lowest BCUT2D eigenvalue weighted by Crippen LogP contribution is -2.45. The Hall–Kier alpha value is -0.830. The maximum atomic E-state index is 11.5. The number of unbranched alkanes of at least 4 members (excludes halogenated alkanes) is 2. The van der Waals surface area contributed by atoms with Gasteiger partial charge >= 0.3 is 0 Å². The zero-order chi connectivity index (χ0) is 11.7. The molecule has 1 amide bonds. The summed E-state index contributed by atoms with van der Waals surface area (Å²) in [6.07, 6.45) is 5.20. The predicted octanol–water partition coefficient (Wildman–Crippen LogP) is 1.85. The minimum Gasteiger partial charge on any atom is -0.355 e. The Labute approximate surface area is 93.3 Å². The van der Waals surface area contributed by atoms with Gasteiger partial charge in [-0.15, -0.1) is 6.58 Å². The summed E-state index contributed by atoms with van der Waals surface area (Å²) in [4.78, 5) is 11.5. The lowest BCUT2D eigenvalue weighted by atomic mass is 10.2. The van der Waals surface area contributed by atoms with E-state index in [1.165, 1.54) is 12.8 Å². The fraction of sp³-hybridized carbons (Fsp3) is 0.750. The monoisotopic (exact) mass is 212 g/mol. The molecule has 0 saturated heterocycles. The summed E-state index contributed by atoms with van der Waals surface area (Å²) < 4.78 is 0. The van der Waals surface area contributed by atoms with Crippen molar-refractivity contribution in [2.75, 3.05) is 6.54 Å². The van der Waals surface area contributed by atoms with Crippen molar-refractivity contribution >= 4 is 5.91 Å². The number of amides is 1. The van der Waals surface area contributed by atoms with Crippen molar-refractivity contribution in [1.29, 1.82) is 0 Å². The summed E-state index contributed by atoms with van der Waals surface area (Å²) in [6.45, 7) is 10.4. The van der Waals surface area contributed by atoms with Crippen LogP contribution in [0.5, 0.6) is 0 Å². The molecule has 2 N–H and O–H groups in total. The Morgan fingerprint density at radius 1 is 1.40 bits per heavy atom. The first-order valence-corrected chi connectivity index (χ1v) is 5.78. The molecule has 0 saturated carbocycles. The zero-order valence-electron chi connectivity index (χ0n) is 10.2. The van der Waals surface area contributed by atoms with Crippen LogP contribution in [0.25, 0.3) is 0 Å². The number of nitrogens with one attached hydrogen (secondary N) is 2.